The predicted octanol–water partition coefficient (Wildman–Crippen LogP) is 5.79. The molecule has 0 bridgehead atoms. The van der Waals surface area contributed by atoms with Crippen LogP contribution in [0.15, 0.2) is 91.0 Å². The summed E-state index contributed by atoms with van der Waals surface area (Å²) in [4.78, 5) is 6.71. The van der Waals surface area contributed by atoms with Gasteiger partial charge in [0.05, 0.1) is 5.41 Å². The molecule has 2 atom stereocenters. The molecular formula is C26H29N3O3P+. The Bertz CT molecular complexity index is 1080. The largest absolute Gasteiger partial charge is 0.662 e. The zero-order chi connectivity index (χ0) is 23.3. The number of hydrogen-bond donors (Lipinski definition) is 2. The van der Waals surface area contributed by atoms with Crippen LogP contribution < -0.4 is 14.9 Å². The van der Waals surface area contributed by atoms with Crippen molar-refractivity contribution in [3.63, 3.8) is 0 Å². The minimum Gasteiger partial charge on any atom is -0.398 e. The molecule has 0 fully saturated rings. The van der Waals surface area contributed by atoms with Crippen molar-refractivity contribution in [3.8, 4) is 5.88 Å². The van der Waals surface area contributed by atoms with Gasteiger partial charge in [0.25, 0.3) is 0 Å². The molecule has 4 aromatic rings. The van der Waals surface area contributed by atoms with Crippen molar-refractivity contribution >= 4 is 8.18 Å². The summed E-state index contributed by atoms with van der Waals surface area (Å²) in [5.74, 6) is 0.276. The Morgan fingerprint density at radius 1 is 0.909 bits per heavy atom. The quantitative estimate of drug-likeness (QED) is 0.231. The summed E-state index contributed by atoms with van der Waals surface area (Å²) in [5, 5.41) is 3.27. The van der Waals surface area contributed by atoms with Gasteiger partial charge in [0.2, 0.25) is 0 Å². The molecule has 6 nitrogen and oxygen atoms in total. The molecule has 0 amide bonds. The summed E-state index contributed by atoms with van der Waals surface area (Å²) in [6.07, 6.45) is 1.77. The summed E-state index contributed by atoms with van der Waals surface area (Å²) in [6.45, 7) is 2.16. The molecule has 33 heavy (non-hydrogen) atoms. The van der Waals surface area contributed by atoms with Crippen LogP contribution in [0.2, 0.25) is 0 Å². The van der Waals surface area contributed by atoms with Gasteiger partial charge in [-0.3, -0.25) is 5.10 Å². The number of aromatic nitrogens is 2. The molecule has 0 spiro atoms. The van der Waals surface area contributed by atoms with Crippen molar-refractivity contribution in [2.45, 2.75) is 31.1 Å². The number of rotatable bonds is 10. The van der Waals surface area contributed by atoms with Crippen LogP contribution in [0.1, 0.15) is 48.1 Å². The average Bonchev–Trinajstić information content (AvgIpc) is 2.85. The van der Waals surface area contributed by atoms with Gasteiger partial charge in [-0.25, -0.2) is 4.52 Å². The van der Waals surface area contributed by atoms with Gasteiger partial charge >= 0.3 is 14.1 Å². The van der Waals surface area contributed by atoms with Crippen molar-refractivity contribution in [1.29, 1.82) is 0 Å². The fourth-order valence-electron chi connectivity index (χ4n) is 4.86. The van der Waals surface area contributed by atoms with Crippen molar-refractivity contribution in [1.82, 2.24) is 9.94 Å². The van der Waals surface area contributed by atoms with Crippen LogP contribution in [0.25, 0.3) is 0 Å². The first-order valence-corrected chi connectivity index (χ1v) is 12.3. The van der Waals surface area contributed by atoms with Gasteiger partial charge in [-0.2, -0.15) is 0 Å². The van der Waals surface area contributed by atoms with Gasteiger partial charge in [0.15, 0.2) is 0 Å². The third-order valence-corrected chi connectivity index (χ3v) is 6.48. The van der Waals surface area contributed by atoms with Gasteiger partial charge < -0.3 is 4.84 Å². The minimum absolute atomic E-state index is 0.0777. The molecule has 0 aliphatic carbocycles. The molecule has 1 heterocycles. The van der Waals surface area contributed by atoms with Crippen LogP contribution in [0, 0.1) is 0 Å². The van der Waals surface area contributed by atoms with Crippen LogP contribution in [-0.4, -0.2) is 17.1 Å². The van der Waals surface area contributed by atoms with Crippen LogP contribution in [0.4, 0.5) is 0 Å². The van der Waals surface area contributed by atoms with E-state index in [1.54, 1.807) is 0 Å². The van der Waals surface area contributed by atoms with E-state index in [0.717, 1.165) is 35.2 Å². The normalized spacial score (nSPS) is 12.9. The van der Waals surface area contributed by atoms with E-state index >= 15 is 0 Å². The van der Waals surface area contributed by atoms with E-state index in [4.69, 9.17) is 14.9 Å². The number of hydrogen-bond acceptors (Lipinski definition) is 3. The van der Waals surface area contributed by atoms with E-state index in [9.17, 15) is 4.57 Å². The van der Waals surface area contributed by atoms with Gasteiger partial charge in [-0.05, 0) is 23.1 Å². The maximum Gasteiger partial charge on any atom is 0.662 e. The molecule has 170 valence electrons. The van der Waals surface area contributed by atoms with Gasteiger partial charge in [-0.15, -0.1) is 0 Å². The van der Waals surface area contributed by atoms with Crippen molar-refractivity contribution in [3.05, 3.63) is 113 Å². The molecule has 0 saturated carbocycles. The zero-order valence-corrected chi connectivity index (χ0v) is 19.7. The Balaban J connectivity index is 2.06. The lowest BCUT2D eigenvalue weighted by molar-refractivity contribution is 0.0900. The first kappa shape index (κ1) is 22.8. The highest BCUT2D eigenvalue weighted by Crippen LogP contribution is 2.53. The first-order valence-electron chi connectivity index (χ1n) is 11.0. The SMILES string of the molecule is CCCC(c1[nH]n(OC)c1O[P+](N)=O)C(c1ccccc1)(c1ccccc1)c1ccccc1. The summed E-state index contributed by atoms with van der Waals surface area (Å²) in [6, 6.07) is 31.5. The van der Waals surface area contributed by atoms with E-state index in [2.05, 4.69) is 84.8 Å². The second-order valence-electron chi connectivity index (χ2n) is 7.93. The maximum absolute atomic E-state index is 11.9. The molecule has 0 aliphatic rings. The fraction of sp³-hybridized carbons (Fsp3) is 0.231. The summed E-state index contributed by atoms with van der Waals surface area (Å²) < 4.78 is 17.4. The monoisotopic (exact) mass is 462 g/mol. The second-order valence-corrected chi connectivity index (χ2v) is 8.68. The molecule has 0 radical (unpaired) electrons. The number of nitrogens with two attached hydrogens (primary N) is 1. The molecule has 4 rings (SSSR count). The molecular weight excluding hydrogens is 433 g/mol. The zero-order valence-electron chi connectivity index (χ0n) is 18.8. The molecule has 3 N–H and O–H groups in total. The number of benzene rings is 3. The molecule has 0 saturated heterocycles. The fourth-order valence-corrected chi connectivity index (χ4v) is 5.21. The number of nitrogens with one attached hydrogen (secondary N) is 1. The van der Waals surface area contributed by atoms with E-state index in [1.165, 1.54) is 12.0 Å². The molecule has 2 unspecified atom stereocenters. The van der Waals surface area contributed by atoms with Crippen LogP contribution >= 0.6 is 8.18 Å². The highest BCUT2D eigenvalue weighted by Gasteiger charge is 2.48. The Kier molecular flexibility index (Phi) is 6.97. The van der Waals surface area contributed by atoms with E-state index in [-0.39, 0.29) is 5.92 Å². The number of nitrogens with zero attached hydrogens (tertiary/aromatic N) is 1. The number of aromatic amines is 1. The Morgan fingerprint density at radius 3 is 1.73 bits per heavy atom. The standard InChI is InChI=1S/C26H29N3O3P/c1-3-13-23(24-25(32-33(27)30)29(28-24)31-2)26(20-14-7-4-8-15-20,21-16-9-5-10-17-21)22-18-11-6-12-19-22/h4-12,14-19,23,28H,3,13H2,1-2H3,(H2,27,30)/q+1. The van der Waals surface area contributed by atoms with Crippen LogP contribution in [0.3, 0.4) is 0 Å². The molecule has 1 aromatic heterocycles. The van der Waals surface area contributed by atoms with Crippen molar-refractivity contribution in [2.75, 3.05) is 7.11 Å². The van der Waals surface area contributed by atoms with Gasteiger partial charge in [0.1, 0.15) is 12.8 Å². The highest BCUT2D eigenvalue weighted by molar-refractivity contribution is 7.36. The first-order chi connectivity index (χ1) is 16.1. The highest BCUT2D eigenvalue weighted by atomic mass is 31.1. The Morgan fingerprint density at radius 2 is 1.36 bits per heavy atom. The average molecular weight is 463 g/mol. The van der Waals surface area contributed by atoms with Crippen molar-refractivity contribution in [2.24, 2.45) is 5.50 Å². The molecule has 0 aliphatic heterocycles. The topological polar surface area (TPSA) is 82.3 Å². The Hall–Kier alpha value is -3.34. The second kappa shape index (κ2) is 10.1. The number of H-pyrrole nitrogens is 1. The maximum atomic E-state index is 11.9. The van der Waals surface area contributed by atoms with Crippen LogP contribution in [0.5, 0.6) is 5.88 Å². The molecule has 7 heteroatoms. The lowest BCUT2D eigenvalue weighted by atomic mass is 9.59. The third-order valence-electron chi connectivity index (χ3n) is 6.13. The lowest BCUT2D eigenvalue weighted by Crippen LogP contribution is -2.39. The lowest BCUT2D eigenvalue weighted by Gasteiger charge is -2.43. The third kappa shape index (κ3) is 4.20. The van der Waals surface area contributed by atoms with E-state index in [1.807, 2.05) is 18.2 Å². The smallest absolute Gasteiger partial charge is 0.398 e. The minimum atomic E-state index is -2.36. The Labute approximate surface area is 195 Å². The molecule has 3 aromatic carbocycles. The van der Waals surface area contributed by atoms with E-state index < -0.39 is 13.6 Å². The van der Waals surface area contributed by atoms with Gasteiger partial charge in [-0.1, -0.05) is 115 Å². The summed E-state index contributed by atoms with van der Waals surface area (Å²) in [7, 11) is -0.837. The predicted molar refractivity (Wildman–Crippen MR) is 131 cm³/mol. The van der Waals surface area contributed by atoms with Gasteiger partial charge in [0, 0.05) is 10.5 Å². The summed E-state index contributed by atoms with van der Waals surface area (Å²) in [5.41, 5.74) is 9.27. The van der Waals surface area contributed by atoms with E-state index in [0.29, 0.717) is 5.88 Å². The van der Waals surface area contributed by atoms with Crippen LogP contribution in [-0.2, 0) is 9.98 Å². The van der Waals surface area contributed by atoms with Crippen molar-refractivity contribution < 1.29 is 13.9 Å². The summed E-state index contributed by atoms with van der Waals surface area (Å²) >= 11 is 0.